The molecule has 1 aromatic carbocycles. The molecule has 0 heterocycles. The van der Waals surface area contributed by atoms with Gasteiger partial charge >= 0.3 is 0 Å². The fraction of sp³-hybridized carbons (Fsp3) is 0.538. The summed E-state index contributed by atoms with van der Waals surface area (Å²) in [5, 5.41) is 0. The van der Waals surface area contributed by atoms with E-state index in [0.29, 0.717) is 0 Å². The Morgan fingerprint density at radius 1 is 1.12 bits per heavy atom. The number of unbranched alkanes of at least 4 members (excludes halogenated alkanes) is 2. The highest BCUT2D eigenvalue weighted by atomic mass is 79.9. The Morgan fingerprint density at radius 3 is 2.31 bits per heavy atom. The van der Waals surface area contributed by atoms with Gasteiger partial charge in [-0.3, -0.25) is 0 Å². The van der Waals surface area contributed by atoms with E-state index in [-0.39, 0.29) is 0 Å². The molecule has 0 aliphatic carbocycles. The molecule has 0 fully saturated rings. The minimum absolute atomic E-state index is 0.747. The highest BCUT2D eigenvalue weighted by molar-refractivity contribution is 9.10. The molecule has 1 nitrogen and oxygen atoms in total. The van der Waals surface area contributed by atoms with Crippen molar-refractivity contribution < 1.29 is 4.74 Å². The summed E-state index contributed by atoms with van der Waals surface area (Å²) in [6, 6.07) is 4.14. The topological polar surface area (TPSA) is 9.23 Å². The summed E-state index contributed by atoms with van der Waals surface area (Å²) in [5.74, 6) is 1.71. The van der Waals surface area contributed by atoms with Gasteiger partial charge in [0.2, 0.25) is 0 Å². The first-order chi connectivity index (χ1) is 7.65. The molecule has 0 bridgehead atoms. The van der Waals surface area contributed by atoms with E-state index in [1.54, 1.807) is 0 Å². The molecule has 16 heavy (non-hydrogen) atoms. The zero-order chi connectivity index (χ0) is 12.0. The molecule has 0 aliphatic rings. The third-order valence-corrected chi connectivity index (χ3v) is 3.97. The van der Waals surface area contributed by atoms with Gasteiger partial charge in [0.05, 0.1) is 6.61 Å². The van der Waals surface area contributed by atoms with Gasteiger partial charge in [0.1, 0.15) is 5.75 Å². The van der Waals surface area contributed by atoms with Gasteiger partial charge in [-0.15, -0.1) is 11.6 Å². The molecule has 0 N–H and O–H groups in total. The summed E-state index contributed by atoms with van der Waals surface area (Å²) >= 11 is 9.16. The molecule has 0 atom stereocenters. The van der Waals surface area contributed by atoms with Crippen molar-refractivity contribution in [1.82, 2.24) is 0 Å². The van der Waals surface area contributed by atoms with E-state index >= 15 is 0 Å². The van der Waals surface area contributed by atoms with E-state index < -0.39 is 0 Å². The minimum atomic E-state index is 0.747. The molecule has 0 radical (unpaired) electrons. The predicted molar refractivity (Wildman–Crippen MR) is 73.7 cm³/mol. The number of alkyl halides is 1. The molecule has 0 spiro atoms. The van der Waals surface area contributed by atoms with Crippen molar-refractivity contribution in [2.45, 2.75) is 33.1 Å². The Balaban J connectivity index is 2.43. The molecular formula is C13H18BrClO. The summed E-state index contributed by atoms with van der Waals surface area (Å²) in [5.41, 5.74) is 2.44. The van der Waals surface area contributed by atoms with Gasteiger partial charge in [0.25, 0.3) is 0 Å². The van der Waals surface area contributed by atoms with Crippen LogP contribution in [0.15, 0.2) is 16.6 Å². The first kappa shape index (κ1) is 13.9. The number of halogens is 2. The van der Waals surface area contributed by atoms with Crippen LogP contribution in [0.5, 0.6) is 5.75 Å². The lowest BCUT2D eigenvalue weighted by Gasteiger charge is -2.09. The maximum absolute atomic E-state index is 5.71. The second-order valence-electron chi connectivity index (χ2n) is 3.97. The van der Waals surface area contributed by atoms with Crippen LogP contribution in [0, 0.1) is 13.8 Å². The summed E-state index contributed by atoms with van der Waals surface area (Å²) in [7, 11) is 0. The SMILES string of the molecule is Cc1cc(OCCCCCCl)cc(C)c1Br. The standard InChI is InChI=1S/C13H18BrClO/c1-10-8-12(9-11(2)13(10)14)16-7-5-3-4-6-15/h8-9H,3-7H2,1-2H3. The van der Waals surface area contributed by atoms with E-state index in [9.17, 15) is 0 Å². The van der Waals surface area contributed by atoms with E-state index in [2.05, 4.69) is 41.9 Å². The quantitative estimate of drug-likeness (QED) is 0.539. The lowest BCUT2D eigenvalue weighted by Crippen LogP contribution is -1.98. The molecular weight excluding hydrogens is 287 g/mol. The molecule has 90 valence electrons. The zero-order valence-electron chi connectivity index (χ0n) is 9.85. The van der Waals surface area contributed by atoms with Crippen molar-refractivity contribution >= 4 is 27.5 Å². The summed E-state index contributed by atoms with van der Waals surface area (Å²) in [6.45, 7) is 4.94. The van der Waals surface area contributed by atoms with Crippen LogP contribution in [0.25, 0.3) is 0 Å². The largest absolute Gasteiger partial charge is 0.494 e. The van der Waals surface area contributed by atoms with Crippen molar-refractivity contribution in [3.8, 4) is 5.75 Å². The number of hydrogen-bond donors (Lipinski definition) is 0. The number of ether oxygens (including phenoxy) is 1. The predicted octanol–water partition coefficient (Wildman–Crippen LogP) is 4.85. The van der Waals surface area contributed by atoms with Crippen LogP contribution in [-0.2, 0) is 0 Å². The second-order valence-corrected chi connectivity index (χ2v) is 5.14. The lowest BCUT2D eigenvalue weighted by atomic mass is 10.1. The van der Waals surface area contributed by atoms with Crippen LogP contribution in [0.1, 0.15) is 30.4 Å². The monoisotopic (exact) mass is 304 g/mol. The van der Waals surface area contributed by atoms with Crippen molar-refractivity contribution in [2.24, 2.45) is 0 Å². The molecule has 0 saturated heterocycles. The van der Waals surface area contributed by atoms with Gasteiger partial charge in [-0.05, 0) is 56.4 Å². The highest BCUT2D eigenvalue weighted by Gasteiger charge is 2.02. The van der Waals surface area contributed by atoms with Crippen LogP contribution < -0.4 is 4.74 Å². The van der Waals surface area contributed by atoms with Crippen LogP contribution in [0.3, 0.4) is 0 Å². The van der Waals surface area contributed by atoms with Crippen LogP contribution in [-0.4, -0.2) is 12.5 Å². The minimum Gasteiger partial charge on any atom is -0.494 e. The first-order valence-electron chi connectivity index (χ1n) is 5.60. The Bertz CT molecular complexity index is 316. The Labute approximate surface area is 111 Å². The average molecular weight is 306 g/mol. The van der Waals surface area contributed by atoms with Crippen molar-refractivity contribution in [3.05, 3.63) is 27.7 Å². The fourth-order valence-corrected chi connectivity index (χ4v) is 1.97. The van der Waals surface area contributed by atoms with Crippen LogP contribution in [0.2, 0.25) is 0 Å². The van der Waals surface area contributed by atoms with Gasteiger partial charge < -0.3 is 4.74 Å². The lowest BCUT2D eigenvalue weighted by molar-refractivity contribution is 0.306. The molecule has 0 amide bonds. The third kappa shape index (κ3) is 4.34. The zero-order valence-corrected chi connectivity index (χ0v) is 12.2. The van der Waals surface area contributed by atoms with Gasteiger partial charge in [0, 0.05) is 10.4 Å². The van der Waals surface area contributed by atoms with Crippen molar-refractivity contribution in [1.29, 1.82) is 0 Å². The van der Waals surface area contributed by atoms with Gasteiger partial charge in [-0.25, -0.2) is 0 Å². The fourth-order valence-electron chi connectivity index (χ4n) is 1.55. The average Bonchev–Trinajstić information content (AvgIpc) is 2.25. The van der Waals surface area contributed by atoms with E-state index in [1.165, 1.54) is 15.6 Å². The van der Waals surface area contributed by atoms with Gasteiger partial charge in [-0.1, -0.05) is 15.9 Å². The van der Waals surface area contributed by atoms with Gasteiger partial charge in [0.15, 0.2) is 0 Å². The molecule has 0 aromatic heterocycles. The maximum atomic E-state index is 5.71. The number of benzene rings is 1. The Hall–Kier alpha value is -0.210. The van der Waals surface area contributed by atoms with Crippen molar-refractivity contribution in [3.63, 3.8) is 0 Å². The summed E-state index contributed by atoms with van der Waals surface area (Å²) < 4.78 is 6.87. The molecule has 1 rings (SSSR count). The Kier molecular flexibility index (Phi) is 6.22. The third-order valence-electron chi connectivity index (χ3n) is 2.46. The van der Waals surface area contributed by atoms with Crippen LogP contribution >= 0.6 is 27.5 Å². The molecule has 3 heteroatoms. The first-order valence-corrected chi connectivity index (χ1v) is 6.93. The molecule has 0 saturated carbocycles. The van der Waals surface area contributed by atoms with E-state index in [0.717, 1.165) is 37.5 Å². The highest BCUT2D eigenvalue weighted by Crippen LogP contribution is 2.26. The normalized spacial score (nSPS) is 10.5. The maximum Gasteiger partial charge on any atom is 0.119 e. The smallest absolute Gasteiger partial charge is 0.119 e. The summed E-state index contributed by atoms with van der Waals surface area (Å²) in [4.78, 5) is 0. The number of rotatable bonds is 6. The van der Waals surface area contributed by atoms with E-state index in [1.807, 2.05) is 0 Å². The Morgan fingerprint density at radius 2 is 1.75 bits per heavy atom. The van der Waals surface area contributed by atoms with Crippen molar-refractivity contribution in [2.75, 3.05) is 12.5 Å². The van der Waals surface area contributed by atoms with Crippen LogP contribution in [0.4, 0.5) is 0 Å². The second kappa shape index (κ2) is 7.18. The van der Waals surface area contributed by atoms with E-state index in [4.69, 9.17) is 16.3 Å². The number of aryl methyl sites for hydroxylation is 2. The molecule has 0 aliphatic heterocycles. The molecule has 1 aromatic rings. The number of hydrogen-bond acceptors (Lipinski definition) is 1. The van der Waals surface area contributed by atoms with Gasteiger partial charge in [-0.2, -0.15) is 0 Å². The summed E-state index contributed by atoms with van der Waals surface area (Å²) in [6.07, 6.45) is 3.28. The molecule has 0 unspecified atom stereocenters.